The number of hydrogen-bond donors (Lipinski definition) is 5. The molecule has 4 amide bonds. The second-order valence-corrected chi connectivity index (χ2v) is 17.4. The van der Waals surface area contributed by atoms with Crippen molar-refractivity contribution in [2.75, 3.05) is 34.0 Å². The monoisotopic (exact) mass is 922 g/mol. The van der Waals surface area contributed by atoms with Crippen LogP contribution < -0.4 is 31.7 Å². The summed E-state index contributed by atoms with van der Waals surface area (Å²) in [6.07, 6.45) is 5.42. The first-order valence-corrected chi connectivity index (χ1v) is 23.2. The van der Waals surface area contributed by atoms with Crippen LogP contribution in [0.15, 0.2) is 41.5 Å². The molecule has 0 spiro atoms. The van der Waals surface area contributed by atoms with Gasteiger partial charge in [0, 0.05) is 36.3 Å². The summed E-state index contributed by atoms with van der Waals surface area (Å²) in [7, 11) is 2.56. The molecule has 1 unspecified atom stereocenters. The summed E-state index contributed by atoms with van der Waals surface area (Å²) in [5.41, 5.74) is 9.53. The lowest BCUT2D eigenvalue weighted by molar-refractivity contribution is -0.135. The molecule has 2 aromatic carbocycles. The van der Waals surface area contributed by atoms with Gasteiger partial charge in [-0.2, -0.15) is 0 Å². The summed E-state index contributed by atoms with van der Waals surface area (Å²) < 4.78 is 48.8. The number of aliphatic imine (C=N–C) groups is 1. The van der Waals surface area contributed by atoms with Gasteiger partial charge >= 0.3 is 12.2 Å². The van der Waals surface area contributed by atoms with E-state index in [9.17, 15) is 19.2 Å². The van der Waals surface area contributed by atoms with E-state index in [2.05, 4.69) is 26.0 Å². The molecule has 0 bridgehead atoms. The van der Waals surface area contributed by atoms with Crippen LogP contribution in [0.4, 0.5) is 18.4 Å². The Morgan fingerprint density at radius 1 is 0.924 bits per heavy atom. The molecule has 2 fully saturated rings. The van der Waals surface area contributed by atoms with Gasteiger partial charge in [0.15, 0.2) is 12.5 Å². The molecule has 2 saturated heterocycles. The third-order valence-electron chi connectivity index (χ3n) is 12.4. The molecule has 66 heavy (non-hydrogen) atoms. The van der Waals surface area contributed by atoms with E-state index in [1.807, 2.05) is 72.4 Å². The molecule has 5 heterocycles. The first kappa shape index (κ1) is 50.9. The highest BCUT2D eigenvalue weighted by Gasteiger charge is 2.38. The smallest absolute Gasteiger partial charge is 0.407 e. The number of methoxy groups -OCH3 is 2. The molecule has 4 aliphatic rings. The fourth-order valence-electron chi connectivity index (χ4n) is 8.87. The number of rotatable bonds is 12. The second-order valence-electron chi connectivity index (χ2n) is 17.4. The molecule has 0 saturated carbocycles. The highest BCUT2D eigenvalue weighted by Crippen LogP contribution is 2.44. The fraction of sp³-hybridized carbons (Fsp3) is 0.562. The largest absolute Gasteiger partial charge is 0.472 e. The third-order valence-corrected chi connectivity index (χ3v) is 12.4. The van der Waals surface area contributed by atoms with E-state index in [1.54, 1.807) is 27.8 Å². The van der Waals surface area contributed by atoms with E-state index in [-0.39, 0.29) is 53.4 Å². The lowest BCUT2D eigenvalue weighted by Gasteiger charge is -2.31. The summed E-state index contributed by atoms with van der Waals surface area (Å²) in [6.45, 7) is 17.5. The number of carbonyl (C=O) groups excluding carboxylic acids is 4. The Morgan fingerprint density at radius 3 is 2.11 bits per heavy atom. The van der Waals surface area contributed by atoms with Gasteiger partial charge in [-0.25, -0.2) is 18.4 Å². The number of aromatic nitrogens is 1. The Kier molecular flexibility index (Phi) is 17.7. The van der Waals surface area contributed by atoms with Crippen molar-refractivity contribution < 1.29 is 42.2 Å². The number of hydrogen-bond acceptors (Lipinski definition) is 10. The number of nitrogens with one attached hydrogen (secondary N) is 4. The number of amidine groups is 1. The van der Waals surface area contributed by atoms with E-state index in [0.717, 1.165) is 43.5 Å². The highest BCUT2D eigenvalue weighted by molar-refractivity contribution is 5.94. The molecular weight excluding hydrogens is 853 g/mol. The summed E-state index contributed by atoms with van der Waals surface area (Å²) in [4.78, 5) is 57.5. The zero-order valence-electron chi connectivity index (χ0n) is 40.1. The molecule has 0 aliphatic carbocycles. The number of alkyl carbamates (subject to hydrolysis) is 2. The van der Waals surface area contributed by atoms with E-state index < -0.39 is 48.0 Å². The maximum atomic E-state index is 16.3. The zero-order valence-corrected chi connectivity index (χ0v) is 40.1. The maximum Gasteiger partial charge on any atom is 0.407 e. The first-order chi connectivity index (χ1) is 31.6. The number of ether oxygens (including phenoxy) is 3. The van der Waals surface area contributed by atoms with Crippen molar-refractivity contribution in [2.45, 2.75) is 131 Å². The topological polar surface area (TPSA) is 194 Å². The van der Waals surface area contributed by atoms with Crippen molar-refractivity contribution in [3.8, 4) is 17.0 Å². The normalized spacial score (nSPS) is 18.8. The average molecular weight is 922 g/mol. The Labute approximate surface area is 387 Å². The number of amides is 4. The van der Waals surface area contributed by atoms with Crippen LogP contribution in [0.5, 0.6) is 5.75 Å². The second kappa shape index (κ2) is 22.9. The molecule has 6 N–H and O–H groups in total. The SMILES string of the molecule is CC.CCCC(N=C(N)[C@@H]1CCCN1C(=O)[C@@H](NC(=O)OC)C(C)C)c1ccc2c(c1)c(F)c1n2COc2cc(C3=CNCN3)cc(F)c2-1.COC(=O)N[C@H](C(=O)N1CCC[C@H]1C)C(C)C. The molecule has 7 rings (SSSR count). The molecule has 0 radical (unpaired) electrons. The van der Waals surface area contributed by atoms with E-state index in [0.29, 0.717) is 48.4 Å². The number of carbonyl (C=O) groups is 4. The summed E-state index contributed by atoms with van der Waals surface area (Å²) in [5.74, 6) is -0.878. The number of likely N-dealkylation sites (tertiary alicyclic amines) is 2. The molecule has 362 valence electrons. The fourth-order valence-corrected chi connectivity index (χ4v) is 8.87. The minimum absolute atomic E-state index is 0.00426. The Balaban J connectivity index is 0.000000362. The van der Waals surface area contributed by atoms with Crippen LogP contribution in [0.2, 0.25) is 0 Å². The van der Waals surface area contributed by atoms with E-state index in [1.165, 1.54) is 20.3 Å². The molecule has 1 aromatic heterocycles. The van der Waals surface area contributed by atoms with Crippen molar-refractivity contribution >= 4 is 46.4 Å². The quantitative estimate of drug-likeness (QED) is 0.0906. The van der Waals surface area contributed by atoms with E-state index in [4.69, 9.17) is 20.2 Å². The third kappa shape index (κ3) is 11.1. The summed E-state index contributed by atoms with van der Waals surface area (Å²) in [6, 6.07) is 6.72. The Bertz CT molecular complexity index is 2280. The minimum atomic E-state index is -0.771. The van der Waals surface area contributed by atoms with Gasteiger partial charge in [-0.15, -0.1) is 0 Å². The van der Waals surface area contributed by atoms with Crippen molar-refractivity contribution in [2.24, 2.45) is 22.6 Å². The first-order valence-electron chi connectivity index (χ1n) is 23.2. The summed E-state index contributed by atoms with van der Waals surface area (Å²) in [5, 5.41) is 11.8. The van der Waals surface area contributed by atoms with Crippen LogP contribution in [0.1, 0.15) is 111 Å². The van der Waals surface area contributed by atoms with Crippen LogP contribution in [0.3, 0.4) is 0 Å². The van der Waals surface area contributed by atoms with Gasteiger partial charge < -0.3 is 55.6 Å². The molecule has 16 nitrogen and oxygen atoms in total. The van der Waals surface area contributed by atoms with Gasteiger partial charge in [-0.1, -0.05) is 61.0 Å². The van der Waals surface area contributed by atoms with Crippen LogP contribution >= 0.6 is 0 Å². The maximum absolute atomic E-state index is 16.3. The van der Waals surface area contributed by atoms with Crippen molar-refractivity contribution in [1.82, 2.24) is 35.6 Å². The Morgan fingerprint density at radius 2 is 1.55 bits per heavy atom. The van der Waals surface area contributed by atoms with E-state index >= 15 is 8.78 Å². The van der Waals surface area contributed by atoms with Crippen LogP contribution in [-0.4, -0.2) is 102 Å². The molecule has 4 aliphatic heterocycles. The number of nitrogens with zero attached hydrogens (tertiary/aromatic N) is 4. The van der Waals surface area contributed by atoms with Gasteiger partial charge in [-0.3, -0.25) is 14.6 Å². The number of fused-ring (bicyclic) bond motifs is 5. The predicted molar refractivity (Wildman–Crippen MR) is 251 cm³/mol. The number of nitrogens with two attached hydrogens (primary N) is 1. The lowest BCUT2D eigenvalue weighted by Crippen LogP contribution is -2.54. The van der Waals surface area contributed by atoms with Crippen LogP contribution in [0, 0.1) is 23.5 Å². The molecular formula is C48H69F2N9O7. The van der Waals surface area contributed by atoms with Gasteiger partial charge in [0.2, 0.25) is 11.8 Å². The standard InChI is InChI=1S/C34H41F2N7O4.C12H22N2O3.C2H6/c1-5-7-23(40-32(37)26-8-6-11-42(26)33(44)30(18(2)3)41-34(45)46-4)19-9-10-25-21(12-19)29(36)31-28-22(35)13-20(24-15-38-16-39-24)14-27(28)47-17-43(25)31;1-8(2)10(13-12(16)17-4)11(15)14-7-5-6-9(14)3;1-2/h9-10,12-15,18,23,26,30,38-39H,5-8,11,16-17H2,1-4H3,(H2,37,40)(H,41,45);8-10H,5-7H2,1-4H3,(H,13,16);1-2H3/t23?,26-,30-;9-,10+;/m01./s1. The molecule has 3 aromatic rings. The van der Waals surface area contributed by atoms with Crippen molar-refractivity contribution in [3.05, 3.63) is 59.3 Å². The predicted octanol–water partition coefficient (Wildman–Crippen LogP) is 7.36. The van der Waals surface area contributed by atoms with Crippen LogP contribution in [-0.2, 0) is 25.8 Å². The lowest BCUT2D eigenvalue weighted by atomic mass is 10.00. The Hall–Kier alpha value is -6.07. The average Bonchev–Trinajstić information content (AvgIpc) is 4.15. The van der Waals surface area contributed by atoms with Crippen molar-refractivity contribution in [3.63, 3.8) is 0 Å². The van der Waals surface area contributed by atoms with Gasteiger partial charge in [0.25, 0.3) is 0 Å². The summed E-state index contributed by atoms with van der Waals surface area (Å²) >= 11 is 0. The van der Waals surface area contributed by atoms with Crippen molar-refractivity contribution in [1.29, 1.82) is 0 Å². The minimum Gasteiger partial charge on any atom is -0.472 e. The van der Waals surface area contributed by atoms with Gasteiger partial charge in [0.05, 0.1) is 55.4 Å². The molecule has 5 atom stereocenters. The zero-order chi connectivity index (χ0) is 48.4. The van der Waals surface area contributed by atoms with Gasteiger partial charge in [-0.05, 0) is 80.7 Å². The van der Waals surface area contributed by atoms with Gasteiger partial charge in [0.1, 0.15) is 29.5 Å². The number of halogens is 2. The molecule has 18 heteroatoms. The van der Waals surface area contributed by atoms with Crippen LogP contribution in [0.25, 0.3) is 27.9 Å². The highest BCUT2D eigenvalue weighted by atomic mass is 19.1. The number of benzene rings is 2.